The number of nitrogens with zero attached hydrogens (tertiary/aromatic N) is 2. The molecule has 0 fully saturated rings. The Labute approximate surface area is 224 Å². The number of carbonyl (C=O) groups excluding carboxylic acids is 1. The lowest BCUT2D eigenvalue weighted by atomic mass is 10.1. The lowest BCUT2D eigenvalue weighted by Gasteiger charge is -2.29. The molecule has 8 nitrogen and oxygen atoms in total. The highest BCUT2D eigenvalue weighted by Crippen LogP contribution is 2.35. The first-order valence-corrected chi connectivity index (χ1v) is 12.6. The van der Waals surface area contributed by atoms with Crippen LogP contribution in [0.2, 0.25) is 0 Å². The summed E-state index contributed by atoms with van der Waals surface area (Å²) in [5, 5.41) is 23.6. The first-order chi connectivity index (χ1) is 18.3. The van der Waals surface area contributed by atoms with Gasteiger partial charge in [-0.2, -0.15) is 0 Å². The van der Waals surface area contributed by atoms with Crippen LogP contribution in [-0.4, -0.2) is 22.0 Å². The number of nitro groups is 1. The van der Waals surface area contributed by atoms with Gasteiger partial charge in [0.1, 0.15) is 5.69 Å². The fourth-order valence-electron chi connectivity index (χ4n) is 4.00. The number of urea groups is 1. The zero-order chi connectivity index (χ0) is 27.1. The topological polar surface area (TPSA) is 113 Å². The smallest absolute Gasteiger partial charge is 0.327 e. The number of amides is 2. The first kappa shape index (κ1) is 26.4. The summed E-state index contributed by atoms with van der Waals surface area (Å²) in [4.78, 5) is 39.0. The van der Waals surface area contributed by atoms with Gasteiger partial charge in [-0.25, -0.2) is 4.79 Å². The molecule has 0 spiro atoms. The summed E-state index contributed by atoms with van der Waals surface area (Å²) in [6.45, 7) is 1.83. The fraction of sp³-hybridized carbons (Fsp3) is 0.103. The molecule has 0 aromatic heterocycles. The number of anilines is 2. The van der Waals surface area contributed by atoms with Crippen LogP contribution in [0.1, 0.15) is 24.1 Å². The quantitative estimate of drug-likeness (QED) is 0.176. The van der Waals surface area contributed by atoms with E-state index in [0.29, 0.717) is 11.3 Å². The van der Waals surface area contributed by atoms with Crippen LogP contribution in [0.5, 0.6) is 0 Å². The summed E-state index contributed by atoms with van der Waals surface area (Å²) in [5.41, 5.74) is 2.10. The number of rotatable bonds is 9. The molecule has 1 atom stereocenters. The molecular formula is C29H25N3O5S. The van der Waals surface area contributed by atoms with Crippen LogP contribution >= 0.6 is 11.8 Å². The van der Waals surface area contributed by atoms with Crippen molar-refractivity contribution in [1.29, 1.82) is 0 Å². The van der Waals surface area contributed by atoms with Gasteiger partial charge in [0, 0.05) is 21.5 Å². The maximum absolute atomic E-state index is 13.6. The van der Waals surface area contributed by atoms with E-state index < -0.39 is 23.0 Å². The zero-order valence-electron chi connectivity index (χ0n) is 20.5. The number of benzene rings is 4. The van der Waals surface area contributed by atoms with Crippen molar-refractivity contribution in [2.45, 2.75) is 29.2 Å². The van der Waals surface area contributed by atoms with Gasteiger partial charge >= 0.3 is 12.0 Å². The van der Waals surface area contributed by atoms with E-state index in [4.69, 9.17) is 5.11 Å². The number of aliphatic carboxylic acids is 1. The molecule has 0 aliphatic carbocycles. The van der Waals surface area contributed by atoms with E-state index >= 15 is 0 Å². The lowest BCUT2D eigenvalue weighted by molar-refractivity contribution is -0.384. The van der Waals surface area contributed by atoms with Crippen LogP contribution in [0.3, 0.4) is 0 Å². The molecule has 0 saturated heterocycles. The fourth-order valence-corrected chi connectivity index (χ4v) is 4.88. The molecule has 0 radical (unpaired) electrons. The van der Waals surface area contributed by atoms with Crippen molar-refractivity contribution in [3.05, 3.63) is 124 Å². The van der Waals surface area contributed by atoms with Crippen molar-refractivity contribution >= 4 is 40.8 Å². The van der Waals surface area contributed by atoms with Crippen LogP contribution in [0.25, 0.3) is 0 Å². The van der Waals surface area contributed by atoms with Crippen LogP contribution < -0.4 is 10.2 Å². The van der Waals surface area contributed by atoms with Crippen LogP contribution in [-0.2, 0) is 11.2 Å². The number of carbonyl (C=O) groups is 2. The minimum atomic E-state index is -0.884. The van der Waals surface area contributed by atoms with Gasteiger partial charge in [-0.05, 0) is 54.4 Å². The second-order valence-electron chi connectivity index (χ2n) is 8.48. The number of para-hydroxylation sites is 2. The van der Waals surface area contributed by atoms with Crippen molar-refractivity contribution in [3.8, 4) is 0 Å². The molecule has 4 rings (SSSR count). The molecule has 1 unspecified atom stereocenters. The van der Waals surface area contributed by atoms with E-state index in [0.717, 1.165) is 15.4 Å². The highest BCUT2D eigenvalue weighted by molar-refractivity contribution is 7.99. The average molecular weight is 528 g/mol. The third-order valence-corrected chi connectivity index (χ3v) is 6.82. The van der Waals surface area contributed by atoms with Crippen molar-refractivity contribution in [2.24, 2.45) is 0 Å². The lowest BCUT2D eigenvalue weighted by Crippen LogP contribution is -2.37. The molecule has 9 heteroatoms. The second kappa shape index (κ2) is 12.1. The van der Waals surface area contributed by atoms with Gasteiger partial charge in [0.2, 0.25) is 0 Å². The Morgan fingerprint density at radius 1 is 0.921 bits per heavy atom. The van der Waals surface area contributed by atoms with Gasteiger partial charge in [0.05, 0.1) is 17.4 Å². The maximum atomic E-state index is 13.6. The van der Waals surface area contributed by atoms with Gasteiger partial charge < -0.3 is 10.4 Å². The summed E-state index contributed by atoms with van der Waals surface area (Å²) >= 11 is 1.47. The molecule has 0 aliphatic heterocycles. The highest BCUT2D eigenvalue weighted by Gasteiger charge is 2.29. The van der Waals surface area contributed by atoms with Crippen LogP contribution in [0.15, 0.2) is 113 Å². The SMILES string of the molecule is CC(c1ccccc1)N(C(=O)Nc1cccc(Sc2ccc(CC(=O)O)cc2)c1)c1ccccc1[N+](=O)[O-]. The van der Waals surface area contributed by atoms with Gasteiger partial charge in [0.15, 0.2) is 0 Å². The summed E-state index contributed by atoms with van der Waals surface area (Å²) in [5.74, 6) is -0.884. The Morgan fingerprint density at radius 2 is 1.61 bits per heavy atom. The Hall–Kier alpha value is -4.63. The van der Waals surface area contributed by atoms with Crippen molar-refractivity contribution in [1.82, 2.24) is 0 Å². The van der Waals surface area contributed by atoms with Crippen molar-refractivity contribution in [3.63, 3.8) is 0 Å². The number of hydrogen-bond acceptors (Lipinski definition) is 5. The third kappa shape index (κ3) is 6.57. The van der Waals surface area contributed by atoms with Crippen molar-refractivity contribution in [2.75, 3.05) is 10.2 Å². The second-order valence-corrected chi connectivity index (χ2v) is 9.62. The third-order valence-electron chi connectivity index (χ3n) is 5.83. The van der Waals surface area contributed by atoms with Crippen LogP contribution in [0, 0.1) is 10.1 Å². The van der Waals surface area contributed by atoms with Crippen LogP contribution in [0.4, 0.5) is 21.9 Å². The average Bonchev–Trinajstić information content (AvgIpc) is 2.90. The maximum Gasteiger partial charge on any atom is 0.327 e. The van der Waals surface area contributed by atoms with Gasteiger partial charge in [-0.3, -0.25) is 19.8 Å². The standard InChI is InChI=1S/C29H25N3O5S/c1-20(22-8-3-2-4-9-22)31(26-12-5-6-13-27(26)32(36)37)29(35)30-23-10-7-11-25(19-23)38-24-16-14-21(15-17-24)18-28(33)34/h2-17,19-20H,18H2,1H3,(H,30,35)(H,33,34). The Bertz CT molecular complexity index is 1440. The first-order valence-electron chi connectivity index (χ1n) is 11.8. The Kier molecular flexibility index (Phi) is 8.40. The molecular weight excluding hydrogens is 502 g/mol. The number of carboxylic acid groups (broad SMARTS) is 1. The molecule has 4 aromatic rings. The monoisotopic (exact) mass is 527 g/mol. The molecule has 2 N–H and O–H groups in total. The minimum absolute atomic E-state index is 0.0378. The summed E-state index contributed by atoms with van der Waals surface area (Å²) in [6, 6.07) is 29.1. The predicted molar refractivity (Wildman–Crippen MR) is 148 cm³/mol. The number of carboxylic acids is 1. The van der Waals surface area contributed by atoms with E-state index in [9.17, 15) is 19.7 Å². The van der Waals surface area contributed by atoms with E-state index in [1.165, 1.54) is 22.7 Å². The van der Waals surface area contributed by atoms with Gasteiger partial charge in [-0.15, -0.1) is 0 Å². The Balaban J connectivity index is 1.59. The predicted octanol–water partition coefficient (Wildman–Crippen LogP) is 7.17. The highest BCUT2D eigenvalue weighted by atomic mass is 32.2. The van der Waals surface area contributed by atoms with E-state index in [1.807, 2.05) is 67.6 Å². The minimum Gasteiger partial charge on any atom is -0.481 e. The Morgan fingerprint density at radius 3 is 2.29 bits per heavy atom. The van der Waals surface area contributed by atoms with Gasteiger partial charge in [-0.1, -0.05) is 72.4 Å². The number of nitro benzene ring substituents is 1. The number of hydrogen-bond donors (Lipinski definition) is 2. The molecule has 4 aromatic carbocycles. The summed E-state index contributed by atoms with van der Waals surface area (Å²) < 4.78 is 0. The number of nitrogens with one attached hydrogen (secondary N) is 1. The van der Waals surface area contributed by atoms with E-state index in [1.54, 1.807) is 36.4 Å². The zero-order valence-corrected chi connectivity index (χ0v) is 21.3. The summed E-state index contributed by atoms with van der Waals surface area (Å²) in [7, 11) is 0. The molecule has 0 aliphatic rings. The molecule has 38 heavy (non-hydrogen) atoms. The molecule has 2 amide bonds. The summed E-state index contributed by atoms with van der Waals surface area (Å²) in [6.07, 6.45) is -0.0378. The van der Waals surface area contributed by atoms with E-state index in [-0.39, 0.29) is 17.8 Å². The van der Waals surface area contributed by atoms with Gasteiger partial charge in [0.25, 0.3) is 5.69 Å². The van der Waals surface area contributed by atoms with E-state index in [2.05, 4.69) is 5.32 Å². The van der Waals surface area contributed by atoms with Crippen molar-refractivity contribution < 1.29 is 19.6 Å². The molecule has 192 valence electrons. The molecule has 0 saturated carbocycles. The normalized spacial score (nSPS) is 11.4. The largest absolute Gasteiger partial charge is 0.481 e. The molecule has 0 bridgehead atoms. The molecule has 0 heterocycles.